The van der Waals surface area contributed by atoms with Crippen molar-refractivity contribution in [3.8, 4) is 11.8 Å². The van der Waals surface area contributed by atoms with E-state index in [4.69, 9.17) is 10.00 Å². The first kappa shape index (κ1) is 15.7. The summed E-state index contributed by atoms with van der Waals surface area (Å²) >= 11 is 0. The van der Waals surface area contributed by atoms with Gasteiger partial charge in [-0.25, -0.2) is 0 Å². The molecule has 0 radical (unpaired) electrons. The van der Waals surface area contributed by atoms with Gasteiger partial charge < -0.3 is 10.1 Å². The number of ether oxygens (including phenoxy) is 1. The van der Waals surface area contributed by atoms with Crippen molar-refractivity contribution in [3.05, 3.63) is 24.3 Å². The highest BCUT2D eigenvalue weighted by Gasteiger charge is 2.12. The highest BCUT2D eigenvalue weighted by Crippen LogP contribution is 2.26. The van der Waals surface area contributed by atoms with E-state index in [2.05, 4.69) is 17.5 Å². The number of rotatable bonds is 8. The van der Waals surface area contributed by atoms with Gasteiger partial charge in [-0.2, -0.15) is 5.26 Å². The van der Waals surface area contributed by atoms with Gasteiger partial charge in [0.25, 0.3) is 0 Å². The lowest BCUT2D eigenvalue weighted by Crippen LogP contribution is -2.12. The molecule has 3 nitrogen and oxygen atoms in total. The van der Waals surface area contributed by atoms with Crippen LogP contribution >= 0.6 is 0 Å². The van der Waals surface area contributed by atoms with Gasteiger partial charge in [0.05, 0.1) is 12.7 Å². The van der Waals surface area contributed by atoms with Gasteiger partial charge in [-0.3, -0.25) is 0 Å². The van der Waals surface area contributed by atoms with Crippen LogP contribution in [-0.4, -0.2) is 13.2 Å². The summed E-state index contributed by atoms with van der Waals surface area (Å²) in [7, 11) is 0. The highest BCUT2D eigenvalue weighted by molar-refractivity contribution is 5.48. The Morgan fingerprint density at radius 3 is 2.90 bits per heavy atom. The molecule has 0 unspecified atom stereocenters. The molecule has 0 saturated heterocycles. The smallest absolute Gasteiger partial charge is 0.121 e. The Kier molecular flexibility index (Phi) is 6.94. The largest absolute Gasteiger partial charge is 0.493 e. The van der Waals surface area contributed by atoms with Gasteiger partial charge in [0.15, 0.2) is 0 Å². The van der Waals surface area contributed by atoms with Crippen molar-refractivity contribution in [2.24, 2.45) is 5.92 Å². The van der Waals surface area contributed by atoms with Crippen molar-refractivity contribution in [1.29, 1.82) is 5.26 Å². The third-order valence-corrected chi connectivity index (χ3v) is 4.14. The van der Waals surface area contributed by atoms with Crippen molar-refractivity contribution < 1.29 is 4.74 Å². The first-order valence-electron chi connectivity index (χ1n) is 8.22. The molecule has 1 aliphatic carbocycles. The first-order valence-corrected chi connectivity index (χ1v) is 8.22. The van der Waals surface area contributed by atoms with Crippen LogP contribution in [0, 0.1) is 17.2 Å². The predicted molar refractivity (Wildman–Crippen MR) is 86.5 cm³/mol. The minimum absolute atomic E-state index is 0.555. The van der Waals surface area contributed by atoms with Gasteiger partial charge in [-0.15, -0.1) is 0 Å². The summed E-state index contributed by atoms with van der Waals surface area (Å²) in [6.45, 7) is 1.65. The van der Waals surface area contributed by atoms with Crippen molar-refractivity contribution >= 4 is 5.69 Å². The molecule has 0 aliphatic heterocycles. The summed E-state index contributed by atoms with van der Waals surface area (Å²) in [5.74, 6) is 1.80. The molecule has 1 N–H and O–H groups in total. The van der Waals surface area contributed by atoms with E-state index in [-0.39, 0.29) is 0 Å². The molecule has 1 saturated carbocycles. The maximum atomic E-state index is 8.50. The van der Waals surface area contributed by atoms with E-state index in [9.17, 15) is 0 Å². The molecule has 1 aromatic rings. The number of anilines is 1. The van der Waals surface area contributed by atoms with Crippen LogP contribution in [0.3, 0.4) is 0 Å². The van der Waals surface area contributed by atoms with Crippen molar-refractivity contribution in [2.45, 2.75) is 51.4 Å². The molecule has 0 heterocycles. The van der Waals surface area contributed by atoms with Crippen LogP contribution in [0.1, 0.15) is 51.4 Å². The molecule has 0 bridgehead atoms. The summed E-state index contributed by atoms with van der Waals surface area (Å²) in [6.07, 6.45) is 9.68. The standard InChI is InChI=1S/C18H26N2O/c19-12-4-5-14-21-18-10-6-9-17(15-18)20-13-11-16-7-2-1-3-8-16/h6,9-10,15-16,20H,1-5,7-8,11,13-14H2. The van der Waals surface area contributed by atoms with E-state index in [1.165, 1.54) is 38.5 Å². The van der Waals surface area contributed by atoms with Gasteiger partial charge in [0, 0.05) is 24.7 Å². The molecule has 1 aliphatic rings. The molecule has 21 heavy (non-hydrogen) atoms. The summed E-state index contributed by atoms with van der Waals surface area (Å²) in [4.78, 5) is 0. The Balaban J connectivity index is 1.69. The summed E-state index contributed by atoms with van der Waals surface area (Å²) < 4.78 is 5.65. The number of benzene rings is 1. The number of unbranched alkanes of at least 4 members (excludes halogenated alkanes) is 1. The minimum Gasteiger partial charge on any atom is -0.493 e. The van der Waals surface area contributed by atoms with Gasteiger partial charge in [-0.1, -0.05) is 38.2 Å². The van der Waals surface area contributed by atoms with Crippen LogP contribution in [0.5, 0.6) is 5.75 Å². The summed E-state index contributed by atoms with van der Waals surface area (Å²) in [5.41, 5.74) is 1.13. The molecule has 114 valence electrons. The number of nitrogens with zero attached hydrogens (tertiary/aromatic N) is 1. The molecule has 0 atom stereocenters. The lowest BCUT2D eigenvalue weighted by molar-refractivity contribution is 0.313. The second kappa shape index (κ2) is 9.28. The van der Waals surface area contributed by atoms with E-state index in [1.54, 1.807) is 0 Å². The van der Waals surface area contributed by atoms with Gasteiger partial charge in [-0.05, 0) is 30.9 Å². The van der Waals surface area contributed by atoms with Crippen molar-refractivity contribution in [2.75, 3.05) is 18.5 Å². The zero-order valence-corrected chi connectivity index (χ0v) is 12.8. The van der Waals surface area contributed by atoms with E-state index >= 15 is 0 Å². The number of nitrogens with one attached hydrogen (secondary N) is 1. The van der Waals surface area contributed by atoms with Crippen LogP contribution in [0.2, 0.25) is 0 Å². The minimum atomic E-state index is 0.555. The van der Waals surface area contributed by atoms with Crippen molar-refractivity contribution in [1.82, 2.24) is 0 Å². The van der Waals surface area contributed by atoms with Crippen LogP contribution in [0.15, 0.2) is 24.3 Å². The van der Waals surface area contributed by atoms with Gasteiger partial charge in [0.1, 0.15) is 5.75 Å². The molecule has 0 amide bonds. The average Bonchev–Trinajstić information content (AvgIpc) is 2.53. The maximum absolute atomic E-state index is 8.50. The SMILES string of the molecule is N#CCCCOc1cccc(NCCC2CCCCC2)c1. The Morgan fingerprint density at radius 1 is 1.24 bits per heavy atom. The lowest BCUT2D eigenvalue weighted by atomic mass is 9.87. The Labute approximate surface area is 128 Å². The van der Waals surface area contributed by atoms with Crippen LogP contribution in [0.25, 0.3) is 0 Å². The molecule has 1 aromatic carbocycles. The Morgan fingerprint density at radius 2 is 2.10 bits per heavy atom. The lowest BCUT2D eigenvalue weighted by Gasteiger charge is -2.21. The maximum Gasteiger partial charge on any atom is 0.121 e. The van der Waals surface area contributed by atoms with Crippen LogP contribution in [-0.2, 0) is 0 Å². The zero-order valence-electron chi connectivity index (χ0n) is 12.8. The normalized spacial score (nSPS) is 15.4. The second-order valence-corrected chi connectivity index (χ2v) is 5.86. The molecule has 0 spiro atoms. The van der Waals surface area contributed by atoms with Crippen LogP contribution < -0.4 is 10.1 Å². The zero-order chi connectivity index (χ0) is 14.8. The van der Waals surface area contributed by atoms with E-state index in [1.807, 2.05) is 18.2 Å². The molecular formula is C18H26N2O. The molecule has 3 heteroatoms. The van der Waals surface area contributed by atoms with E-state index in [0.717, 1.165) is 30.3 Å². The highest BCUT2D eigenvalue weighted by atomic mass is 16.5. The number of nitriles is 1. The number of hydrogen-bond acceptors (Lipinski definition) is 3. The average molecular weight is 286 g/mol. The topological polar surface area (TPSA) is 45.0 Å². The molecule has 2 rings (SSSR count). The third-order valence-electron chi connectivity index (χ3n) is 4.14. The summed E-state index contributed by atoms with van der Waals surface area (Å²) in [5, 5.41) is 12.0. The quantitative estimate of drug-likeness (QED) is 0.701. The van der Waals surface area contributed by atoms with Crippen molar-refractivity contribution in [3.63, 3.8) is 0 Å². The Hall–Kier alpha value is -1.69. The first-order chi connectivity index (χ1) is 10.4. The molecule has 0 aromatic heterocycles. The van der Waals surface area contributed by atoms with Gasteiger partial charge >= 0.3 is 0 Å². The van der Waals surface area contributed by atoms with E-state index in [0.29, 0.717) is 13.0 Å². The fraction of sp³-hybridized carbons (Fsp3) is 0.611. The third kappa shape index (κ3) is 6.08. The van der Waals surface area contributed by atoms with Gasteiger partial charge in [0.2, 0.25) is 0 Å². The second-order valence-electron chi connectivity index (χ2n) is 5.86. The van der Waals surface area contributed by atoms with Crippen LogP contribution in [0.4, 0.5) is 5.69 Å². The van der Waals surface area contributed by atoms with E-state index < -0.39 is 0 Å². The predicted octanol–water partition coefficient (Wildman–Crippen LogP) is 4.75. The summed E-state index contributed by atoms with van der Waals surface area (Å²) in [6, 6.07) is 10.3. The monoisotopic (exact) mass is 286 g/mol. The molecule has 1 fully saturated rings. The fourth-order valence-electron chi connectivity index (χ4n) is 2.93. The molecular weight excluding hydrogens is 260 g/mol. The fourth-order valence-corrected chi connectivity index (χ4v) is 2.93. The number of hydrogen-bond donors (Lipinski definition) is 1. The Bertz CT molecular complexity index is 447.